The van der Waals surface area contributed by atoms with Crippen molar-refractivity contribution in [3.05, 3.63) is 48.1 Å². The van der Waals surface area contributed by atoms with Gasteiger partial charge in [0.05, 0.1) is 0 Å². The van der Waals surface area contributed by atoms with E-state index in [1.54, 1.807) is 5.57 Å². The Morgan fingerprint density at radius 3 is 2.43 bits per heavy atom. The summed E-state index contributed by atoms with van der Waals surface area (Å²) in [5.41, 5.74) is 2.08. The number of rotatable bonds is 2. The van der Waals surface area contributed by atoms with Crippen LogP contribution in [-0.2, 0) is 0 Å². The molecule has 0 aliphatic heterocycles. The van der Waals surface area contributed by atoms with Gasteiger partial charge in [-0.15, -0.1) is 0 Å². The normalized spacial score (nSPS) is 28.1. The molecule has 14 heavy (non-hydrogen) atoms. The third kappa shape index (κ3) is 1.00. The topological polar surface area (TPSA) is 0 Å². The van der Waals surface area contributed by atoms with Gasteiger partial charge in [-0.3, -0.25) is 0 Å². The summed E-state index contributed by atoms with van der Waals surface area (Å²) in [4.78, 5) is 0. The van der Waals surface area contributed by atoms with Gasteiger partial charge in [-0.2, -0.15) is 0 Å². The van der Waals surface area contributed by atoms with E-state index in [4.69, 9.17) is 0 Å². The van der Waals surface area contributed by atoms with E-state index in [9.17, 15) is 0 Å². The smallest absolute Gasteiger partial charge is 0.00497 e. The molecule has 3 aliphatic carbocycles. The van der Waals surface area contributed by atoms with Gasteiger partial charge in [0, 0.05) is 11.3 Å². The molecule has 72 valence electrons. The standard InChI is InChI=1S/C14H16/c1-2-7-12(6-1)14(10-5-11-14)13-8-3-4-9-13/h1-3,6-9,12H,4-5,10-11H2. The van der Waals surface area contributed by atoms with E-state index in [0.29, 0.717) is 11.3 Å². The van der Waals surface area contributed by atoms with Crippen LogP contribution in [0.5, 0.6) is 0 Å². The molecule has 0 N–H and O–H groups in total. The third-order valence-electron chi connectivity index (χ3n) is 3.98. The molecule has 0 unspecified atom stereocenters. The van der Waals surface area contributed by atoms with Gasteiger partial charge in [-0.05, 0) is 24.8 Å². The van der Waals surface area contributed by atoms with Gasteiger partial charge in [-0.1, -0.05) is 49.0 Å². The van der Waals surface area contributed by atoms with Crippen molar-refractivity contribution < 1.29 is 0 Å². The van der Waals surface area contributed by atoms with Crippen molar-refractivity contribution in [2.75, 3.05) is 0 Å². The maximum Gasteiger partial charge on any atom is 0.00497 e. The van der Waals surface area contributed by atoms with Gasteiger partial charge >= 0.3 is 0 Å². The first-order valence-electron chi connectivity index (χ1n) is 5.64. The Bertz CT molecular complexity index is 336. The summed E-state index contributed by atoms with van der Waals surface area (Å²) < 4.78 is 0. The fourth-order valence-electron chi connectivity index (χ4n) is 3.00. The lowest BCUT2D eigenvalue weighted by Gasteiger charge is -2.46. The zero-order valence-corrected chi connectivity index (χ0v) is 8.45. The minimum Gasteiger partial charge on any atom is -0.0804 e. The van der Waals surface area contributed by atoms with E-state index >= 15 is 0 Å². The Hall–Kier alpha value is -1.04. The lowest BCUT2D eigenvalue weighted by Crippen LogP contribution is -2.36. The van der Waals surface area contributed by atoms with E-state index < -0.39 is 0 Å². The van der Waals surface area contributed by atoms with Gasteiger partial charge in [0.25, 0.3) is 0 Å². The van der Waals surface area contributed by atoms with E-state index in [1.165, 1.54) is 19.3 Å². The monoisotopic (exact) mass is 184 g/mol. The lowest BCUT2D eigenvalue weighted by molar-refractivity contribution is 0.154. The van der Waals surface area contributed by atoms with Crippen LogP contribution in [0.4, 0.5) is 0 Å². The Labute approximate surface area is 85.7 Å². The predicted molar refractivity (Wildman–Crippen MR) is 59.9 cm³/mol. The van der Waals surface area contributed by atoms with Crippen LogP contribution in [0.1, 0.15) is 25.7 Å². The molecule has 0 aromatic heterocycles. The van der Waals surface area contributed by atoms with Crippen LogP contribution in [-0.4, -0.2) is 0 Å². The molecule has 0 nitrogen and oxygen atoms in total. The van der Waals surface area contributed by atoms with Crippen LogP contribution in [0, 0.1) is 11.3 Å². The molecule has 3 aliphatic rings. The molecule has 0 heteroatoms. The number of allylic oxidation sites excluding steroid dienone is 8. The highest BCUT2D eigenvalue weighted by Crippen LogP contribution is 2.55. The summed E-state index contributed by atoms with van der Waals surface area (Å²) in [5.74, 6) is 0.672. The molecular formula is C14H16. The van der Waals surface area contributed by atoms with E-state index in [2.05, 4.69) is 42.5 Å². The maximum atomic E-state index is 2.42. The van der Waals surface area contributed by atoms with Gasteiger partial charge in [0.1, 0.15) is 0 Å². The SMILES string of the molecule is C1=CC(C2(C3=CCC=C3)CCC2)C=C1. The molecule has 0 spiro atoms. The molecule has 0 heterocycles. The summed E-state index contributed by atoms with van der Waals surface area (Å²) >= 11 is 0. The van der Waals surface area contributed by atoms with Gasteiger partial charge in [-0.25, -0.2) is 0 Å². The Morgan fingerprint density at radius 1 is 1.14 bits per heavy atom. The molecule has 1 fully saturated rings. The molecule has 0 radical (unpaired) electrons. The molecule has 0 bridgehead atoms. The summed E-state index contributed by atoms with van der Waals surface area (Å²) in [6.45, 7) is 0. The van der Waals surface area contributed by atoms with Crippen LogP contribution < -0.4 is 0 Å². The van der Waals surface area contributed by atoms with Crippen molar-refractivity contribution in [2.45, 2.75) is 25.7 Å². The van der Waals surface area contributed by atoms with Gasteiger partial charge < -0.3 is 0 Å². The molecule has 0 aromatic carbocycles. The van der Waals surface area contributed by atoms with E-state index in [-0.39, 0.29) is 0 Å². The van der Waals surface area contributed by atoms with Crippen molar-refractivity contribution in [3.63, 3.8) is 0 Å². The first-order valence-corrected chi connectivity index (χ1v) is 5.64. The molecular weight excluding hydrogens is 168 g/mol. The van der Waals surface area contributed by atoms with Crippen molar-refractivity contribution in [1.82, 2.24) is 0 Å². The highest BCUT2D eigenvalue weighted by molar-refractivity contribution is 5.39. The van der Waals surface area contributed by atoms with Crippen LogP contribution in [0.25, 0.3) is 0 Å². The highest BCUT2D eigenvalue weighted by Gasteiger charge is 2.44. The molecule has 3 rings (SSSR count). The van der Waals surface area contributed by atoms with Gasteiger partial charge in [0.15, 0.2) is 0 Å². The van der Waals surface area contributed by atoms with Crippen molar-refractivity contribution in [3.8, 4) is 0 Å². The van der Waals surface area contributed by atoms with Crippen molar-refractivity contribution in [2.24, 2.45) is 11.3 Å². The summed E-state index contributed by atoms with van der Waals surface area (Å²) in [7, 11) is 0. The summed E-state index contributed by atoms with van der Waals surface area (Å²) in [6.07, 6.45) is 21.5. The average molecular weight is 184 g/mol. The minimum absolute atomic E-state index is 0.483. The lowest BCUT2D eigenvalue weighted by atomic mass is 9.57. The predicted octanol–water partition coefficient (Wildman–Crippen LogP) is 3.79. The Balaban J connectivity index is 1.94. The molecule has 0 saturated heterocycles. The number of hydrogen-bond donors (Lipinski definition) is 0. The Kier molecular flexibility index (Phi) is 1.76. The zero-order chi connectivity index (χ0) is 9.43. The molecule has 0 atom stereocenters. The minimum atomic E-state index is 0.483. The largest absolute Gasteiger partial charge is 0.0804 e. The zero-order valence-electron chi connectivity index (χ0n) is 8.45. The summed E-state index contributed by atoms with van der Waals surface area (Å²) in [6, 6.07) is 0. The van der Waals surface area contributed by atoms with Crippen molar-refractivity contribution in [1.29, 1.82) is 0 Å². The fourth-order valence-corrected chi connectivity index (χ4v) is 3.00. The van der Waals surface area contributed by atoms with Crippen LogP contribution in [0.3, 0.4) is 0 Å². The van der Waals surface area contributed by atoms with Crippen molar-refractivity contribution >= 4 is 0 Å². The van der Waals surface area contributed by atoms with E-state index in [1.807, 2.05) is 0 Å². The maximum absolute atomic E-state index is 2.42. The second kappa shape index (κ2) is 2.98. The first kappa shape index (κ1) is 8.28. The summed E-state index contributed by atoms with van der Waals surface area (Å²) in [5, 5.41) is 0. The molecule has 1 saturated carbocycles. The number of hydrogen-bond acceptors (Lipinski definition) is 0. The average Bonchev–Trinajstić information content (AvgIpc) is 2.71. The Morgan fingerprint density at radius 2 is 1.93 bits per heavy atom. The van der Waals surface area contributed by atoms with Gasteiger partial charge in [0.2, 0.25) is 0 Å². The fraction of sp³-hybridized carbons (Fsp3) is 0.429. The highest BCUT2D eigenvalue weighted by atomic mass is 14.5. The van der Waals surface area contributed by atoms with Crippen LogP contribution >= 0.6 is 0 Å². The third-order valence-corrected chi connectivity index (χ3v) is 3.98. The van der Waals surface area contributed by atoms with Crippen LogP contribution in [0.15, 0.2) is 48.1 Å². The van der Waals surface area contributed by atoms with E-state index in [0.717, 1.165) is 6.42 Å². The molecule has 0 aromatic rings. The van der Waals surface area contributed by atoms with Crippen LogP contribution in [0.2, 0.25) is 0 Å². The second-order valence-corrected chi connectivity index (χ2v) is 4.60. The second-order valence-electron chi connectivity index (χ2n) is 4.60. The first-order chi connectivity index (χ1) is 6.92. The molecule has 0 amide bonds. The quantitative estimate of drug-likeness (QED) is 0.612.